The number of aryl methyl sites for hydroxylation is 4. The molecular weight excluding hydrogens is 400 g/mol. The molecule has 0 aliphatic rings. The molecule has 0 radical (unpaired) electrons. The van der Waals surface area contributed by atoms with Crippen molar-refractivity contribution >= 4 is 11.4 Å². The first-order valence-corrected chi connectivity index (χ1v) is 11.4. The predicted molar refractivity (Wildman–Crippen MR) is 139 cm³/mol. The lowest BCUT2D eigenvalue weighted by Crippen LogP contribution is -2.12. The van der Waals surface area contributed by atoms with Gasteiger partial charge in [0.25, 0.3) is 0 Å². The van der Waals surface area contributed by atoms with Crippen molar-refractivity contribution in [2.45, 2.75) is 33.6 Å². The highest BCUT2D eigenvalue weighted by Gasteiger charge is 2.22. The third-order valence-corrected chi connectivity index (χ3v) is 6.11. The Kier molecular flexibility index (Phi) is 6.70. The first kappa shape index (κ1) is 22.5. The van der Waals surface area contributed by atoms with Crippen molar-refractivity contribution < 1.29 is 4.79 Å². The minimum Gasteiger partial charge on any atom is -0.293 e. The van der Waals surface area contributed by atoms with Crippen LogP contribution in [0.3, 0.4) is 0 Å². The molecule has 4 rings (SSSR count). The molecule has 1 nitrogen and oxygen atoms in total. The van der Waals surface area contributed by atoms with E-state index in [9.17, 15) is 4.79 Å². The van der Waals surface area contributed by atoms with Crippen molar-refractivity contribution in [3.05, 3.63) is 148 Å². The maximum absolute atomic E-state index is 13.8. The van der Waals surface area contributed by atoms with E-state index in [0.717, 1.165) is 33.4 Å². The summed E-state index contributed by atoms with van der Waals surface area (Å²) in [4.78, 5) is 13.8. The molecule has 0 N–H and O–H groups in total. The van der Waals surface area contributed by atoms with E-state index >= 15 is 0 Å². The SMILES string of the molecule is Cc1ccc(C(=O)C(C=C(c2ccc(C)cc2)c2ccc(C)cc2)c2ccc(C)cc2)cc1. The maximum Gasteiger partial charge on any atom is 0.174 e. The Labute approximate surface area is 197 Å². The van der Waals surface area contributed by atoms with E-state index in [1.54, 1.807) is 0 Å². The number of carbonyl (C=O) groups is 1. The van der Waals surface area contributed by atoms with E-state index in [1.165, 1.54) is 16.7 Å². The Morgan fingerprint density at radius 1 is 0.515 bits per heavy atom. The summed E-state index contributed by atoms with van der Waals surface area (Å²) in [5.41, 5.74) is 9.78. The van der Waals surface area contributed by atoms with Crippen LogP contribution in [0.1, 0.15) is 55.2 Å². The molecule has 0 saturated heterocycles. The van der Waals surface area contributed by atoms with Crippen molar-refractivity contribution in [3.63, 3.8) is 0 Å². The molecule has 1 unspecified atom stereocenters. The zero-order valence-electron chi connectivity index (χ0n) is 19.8. The van der Waals surface area contributed by atoms with E-state index in [1.807, 2.05) is 31.2 Å². The maximum atomic E-state index is 13.8. The van der Waals surface area contributed by atoms with Crippen molar-refractivity contribution in [1.29, 1.82) is 0 Å². The van der Waals surface area contributed by atoms with Crippen LogP contribution in [0.2, 0.25) is 0 Å². The normalized spacial score (nSPS) is 11.6. The Morgan fingerprint density at radius 2 is 0.848 bits per heavy atom. The van der Waals surface area contributed by atoms with Crippen LogP contribution in [-0.2, 0) is 0 Å². The molecule has 33 heavy (non-hydrogen) atoms. The third-order valence-electron chi connectivity index (χ3n) is 6.11. The molecule has 4 aromatic carbocycles. The zero-order valence-corrected chi connectivity index (χ0v) is 19.8. The van der Waals surface area contributed by atoms with Crippen LogP contribution in [0.25, 0.3) is 5.57 Å². The summed E-state index contributed by atoms with van der Waals surface area (Å²) in [5, 5.41) is 0. The fourth-order valence-corrected chi connectivity index (χ4v) is 3.99. The summed E-state index contributed by atoms with van der Waals surface area (Å²) in [5.74, 6) is -0.276. The molecule has 0 aliphatic heterocycles. The topological polar surface area (TPSA) is 17.1 Å². The second-order valence-corrected chi connectivity index (χ2v) is 8.93. The van der Waals surface area contributed by atoms with Crippen LogP contribution < -0.4 is 0 Å². The average molecular weight is 431 g/mol. The number of hydrogen-bond donors (Lipinski definition) is 0. The molecule has 0 fully saturated rings. The number of ketones is 1. The van der Waals surface area contributed by atoms with Crippen LogP contribution in [0.4, 0.5) is 0 Å². The van der Waals surface area contributed by atoms with Gasteiger partial charge in [0.05, 0.1) is 5.92 Å². The van der Waals surface area contributed by atoms with Gasteiger partial charge in [0, 0.05) is 5.56 Å². The number of benzene rings is 4. The van der Waals surface area contributed by atoms with Crippen molar-refractivity contribution in [3.8, 4) is 0 Å². The van der Waals surface area contributed by atoms with Crippen LogP contribution in [0.5, 0.6) is 0 Å². The predicted octanol–water partition coefficient (Wildman–Crippen LogP) is 8.02. The zero-order chi connectivity index (χ0) is 23.4. The van der Waals surface area contributed by atoms with Gasteiger partial charge < -0.3 is 0 Å². The average Bonchev–Trinajstić information content (AvgIpc) is 2.82. The van der Waals surface area contributed by atoms with Crippen molar-refractivity contribution in [1.82, 2.24) is 0 Å². The van der Waals surface area contributed by atoms with Crippen molar-refractivity contribution in [2.75, 3.05) is 0 Å². The lowest BCUT2D eigenvalue weighted by atomic mass is 9.85. The summed E-state index contributed by atoms with van der Waals surface area (Å²) < 4.78 is 0. The highest BCUT2D eigenvalue weighted by molar-refractivity contribution is 6.03. The van der Waals surface area contributed by atoms with Gasteiger partial charge >= 0.3 is 0 Å². The van der Waals surface area contributed by atoms with E-state index in [-0.39, 0.29) is 11.7 Å². The first-order chi connectivity index (χ1) is 15.9. The smallest absolute Gasteiger partial charge is 0.174 e. The Balaban J connectivity index is 1.89. The van der Waals surface area contributed by atoms with Gasteiger partial charge in [-0.1, -0.05) is 125 Å². The lowest BCUT2D eigenvalue weighted by Gasteiger charge is -2.17. The molecule has 0 heterocycles. The van der Waals surface area contributed by atoms with E-state index in [4.69, 9.17) is 0 Å². The van der Waals surface area contributed by atoms with Crippen LogP contribution in [0.15, 0.2) is 103 Å². The second-order valence-electron chi connectivity index (χ2n) is 8.93. The molecule has 0 aliphatic carbocycles. The van der Waals surface area contributed by atoms with Crippen molar-refractivity contribution in [2.24, 2.45) is 0 Å². The standard InChI is InChI=1S/C32H30O/c1-22-5-13-26(14-6-22)30(27-15-7-23(2)8-16-27)21-31(28-17-9-24(3)10-18-28)32(33)29-19-11-25(4)12-20-29/h5-21,31H,1-4H3. The van der Waals surface area contributed by atoms with Gasteiger partial charge in [0.2, 0.25) is 0 Å². The summed E-state index contributed by atoms with van der Waals surface area (Å²) in [6.07, 6.45) is 2.14. The molecule has 0 aromatic heterocycles. The molecule has 0 saturated carbocycles. The van der Waals surface area contributed by atoms with Gasteiger partial charge in [0.1, 0.15) is 0 Å². The van der Waals surface area contributed by atoms with Crippen LogP contribution >= 0.6 is 0 Å². The van der Waals surface area contributed by atoms with Gasteiger partial charge in [-0.25, -0.2) is 0 Å². The first-order valence-electron chi connectivity index (χ1n) is 11.4. The molecule has 164 valence electrons. The number of Topliss-reactive ketones (excluding diaryl/α,β-unsaturated/α-hetero) is 1. The minimum atomic E-state index is -0.383. The number of allylic oxidation sites excluding steroid dienone is 1. The van der Waals surface area contributed by atoms with Gasteiger partial charge in [-0.15, -0.1) is 0 Å². The molecule has 0 spiro atoms. The number of hydrogen-bond acceptors (Lipinski definition) is 1. The number of carbonyl (C=O) groups excluding carboxylic acids is 1. The Bertz CT molecular complexity index is 1210. The molecule has 1 atom stereocenters. The summed E-state index contributed by atoms with van der Waals surface area (Å²) in [6, 6.07) is 33.3. The van der Waals surface area contributed by atoms with Gasteiger partial charge in [-0.2, -0.15) is 0 Å². The molecular formula is C32H30O. The fraction of sp³-hybridized carbons (Fsp3) is 0.156. The minimum absolute atomic E-state index is 0.107. The van der Waals surface area contributed by atoms with E-state index in [0.29, 0.717) is 0 Å². The number of rotatable bonds is 6. The third kappa shape index (κ3) is 5.38. The van der Waals surface area contributed by atoms with Crippen LogP contribution in [0, 0.1) is 27.7 Å². The monoisotopic (exact) mass is 430 g/mol. The van der Waals surface area contributed by atoms with Crippen LogP contribution in [-0.4, -0.2) is 5.78 Å². The lowest BCUT2D eigenvalue weighted by molar-refractivity contribution is 0.0976. The molecule has 0 amide bonds. The highest BCUT2D eigenvalue weighted by Crippen LogP contribution is 2.31. The largest absolute Gasteiger partial charge is 0.293 e. The molecule has 0 bridgehead atoms. The van der Waals surface area contributed by atoms with Gasteiger partial charge in [-0.05, 0) is 50.0 Å². The van der Waals surface area contributed by atoms with E-state index in [2.05, 4.69) is 99.6 Å². The molecule has 1 heteroatoms. The highest BCUT2D eigenvalue weighted by atomic mass is 16.1. The second kappa shape index (κ2) is 9.83. The van der Waals surface area contributed by atoms with Gasteiger partial charge in [-0.3, -0.25) is 4.79 Å². The fourth-order valence-electron chi connectivity index (χ4n) is 3.99. The molecule has 4 aromatic rings. The Hall–Kier alpha value is -3.71. The quantitative estimate of drug-likeness (QED) is 0.283. The summed E-state index contributed by atoms with van der Waals surface area (Å²) in [7, 11) is 0. The van der Waals surface area contributed by atoms with Gasteiger partial charge in [0.15, 0.2) is 5.78 Å². The summed E-state index contributed by atoms with van der Waals surface area (Å²) in [6.45, 7) is 8.29. The Morgan fingerprint density at radius 3 is 1.24 bits per heavy atom. The van der Waals surface area contributed by atoms with E-state index < -0.39 is 0 Å². The summed E-state index contributed by atoms with van der Waals surface area (Å²) >= 11 is 0.